The van der Waals surface area contributed by atoms with Gasteiger partial charge in [-0.3, -0.25) is 0 Å². The van der Waals surface area contributed by atoms with Crippen molar-refractivity contribution in [3.8, 4) is 0 Å². The highest BCUT2D eigenvalue weighted by Crippen LogP contribution is 2.26. The van der Waals surface area contributed by atoms with Crippen molar-refractivity contribution in [2.75, 3.05) is 5.32 Å². The number of hydrogen-bond acceptors (Lipinski definition) is 1. The smallest absolute Gasteiger partial charge is 0.0642 e. The van der Waals surface area contributed by atoms with Gasteiger partial charge in [-0.05, 0) is 34.5 Å². The maximum atomic E-state index is 6.18. The summed E-state index contributed by atoms with van der Waals surface area (Å²) >= 11 is 12.2. The van der Waals surface area contributed by atoms with Gasteiger partial charge in [-0.1, -0.05) is 65.7 Å². The highest BCUT2D eigenvalue weighted by Gasteiger charge is 2.04. The van der Waals surface area contributed by atoms with E-state index in [-0.39, 0.29) is 0 Å². The summed E-state index contributed by atoms with van der Waals surface area (Å²) in [7, 11) is 0. The molecule has 0 aliphatic rings. The summed E-state index contributed by atoms with van der Waals surface area (Å²) in [6.45, 7) is 0.651. The second-order valence-corrected chi connectivity index (χ2v) is 5.41. The molecule has 0 saturated heterocycles. The van der Waals surface area contributed by atoms with Crippen LogP contribution >= 0.6 is 23.2 Å². The normalized spacial score (nSPS) is 10.7. The SMILES string of the molecule is Clc1cccc(CNc2ccc3ccccc3c2)c1Cl. The van der Waals surface area contributed by atoms with Crippen LogP contribution in [0.15, 0.2) is 60.7 Å². The average Bonchev–Trinajstić information content (AvgIpc) is 2.48. The number of anilines is 1. The average molecular weight is 302 g/mol. The molecular formula is C17H13Cl2N. The van der Waals surface area contributed by atoms with Gasteiger partial charge in [0.1, 0.15) is 0 Å². The number of rotatable bonds is 3. The van der Waals surface area contributed by atoms with E-state index in [0.717, 1.165) is 11.3 Å². The third-order valence-electron chi connectivity index (χ3n) is 3.26. The van der Waals surface area contributed by atoms with E-state index in [0.29, 0.717) is 16.6 Å². The van der Waals surface area contributed by atoms with Crippen LogP contribution < -0.4 is 5.32 Å². The van der Waals surface area contributed by atoms with Gasteiger partial charge < -0.3 is 5.32 Å². The van der Waals surface area contributed by atoms with Crippen LogP contribution in [0, 0.1) is 0 Å². The van der Waals surface area contributed by atoms with Crippen molar-refractivity contribution >= 4 is 39.7 Å². The summed E-state index contributed by atoms with van der Waals surface area (Å²) in [6.07, 6.45) is 0. The Morgan fingerprint density at radius 1 is 0.800 bits per heavy atom. The predicted molar refractivity (Wildman–Crippen MR) is 87.7 cm³/mol. The molecule has 0 amide bonds. The molecule has 0 aliphatic carbocycles. The fourth-order valence-corrected chi connectivity index (χ4v) is 2.57. The molecule has 3 aromatic carbocycles. The Hall–Kier alpha value is -1.70. The fourth-order valence-electron chi connectivity index (χ4n) is 2.18. The molecule has 100 valence electrons. The minimum atomic E-state index is 0.587. The molecule has 1 nitrogen and oxygen atoms in total. The number of nitrogens with one attached hydrogen (secondary N) is 1. The standard InChI is InChI=1S/C17H13Cl2N/c18-16-7-3-6-14(17(16)19)11-20-15-9-8-12-4-1-2-5-13(12)10-15/h1-10,20H,11H2. The monoisotopic (exact) mass is 301 g/mol. The largest absolute Gasteiger partial charge is 0.381 e. The summed E-state index contributed by atoms with van der Waals surface area (Å²) in [5, 5.41) is 7.03. The highest BCUT2D eigenvalue weighted by molar-refractivity contribution is 6.42. The minimum absolute atomic E-state index is 0.587. The maximum Gasteiger partial charge on any atom is 0.0642 e. The first-order valence-electron chi connectivity index (χ1n) is 6.39. The molecule has 3 rings (SSSR count). The second-order valence-electron chi connectivity index (χ2n) is 4.63. The van der Waals surface area contributed by atoms with Crippen LogP contribution in [0.2, 0.25) is 10.0 Å². The molecular weight excluding hydrogens is 289 g/mol. The van der Waals surface area contributed by atoms with Crippen molar-refractivity contribution < 1.29 is 0 Å². The van der Waals surface area contributed by atoms with Crippen LogP contribution in [0.5, 0.6) is 0 Å². The lowest BCUT2D eigenvalue weighted by Crippen LogP contribution is -2.00. The van der Waals surface area contributed by atoms with E-state index in [9.17, 15) is 0 Å². The molecule has 0 aliphatic heterocycles. The van der Waals surface area contributed by atoms with E-state index in [1.165, 1.54) is 10.8 Å². The molecule has 3 heteroatoms. The van der Waals surface area contributed by atoms with Gasteiger partial charge in [-0.2, -0.15) is 0 Å². The summed E-state index contributed by atoms with van der Waals surface area (Å²) < 4.78 is 0. The Labute approximate surface area is 128 Å². The van der Waals surface area contributed by atoms with Crippen molar-refractivity contribution in [2.45, 2.75) is 6.54 Å². The fraction of sp³-hybridized carbons (Fsp3) is 0.0588. The first kappa shape index (κ1) is 13.3. The summed E-state index contributed by atoms with van der Waals surface area (Å²) in [4.78, 5) is 0. The lowest BCUT2D eigenvalue weighted by Gasteiger charge is -2.10. The first-order chi connectivity index (χ1) is 9.74. The lowest BCUT2D eigenvalue weighted by atomic mass is 10.1. The van der Waals surface area contributed by atoms with E-state index in [4.69, 9.17) is 23.2 Å². The van der Waals surface area contributed by atoms with Gasteiger partial charge in [-0.15, -0.1) is 0 Å². The van der Waals surface area contributed by atoms with Crippen LogP contribution in [0.1, 0.15) is 5.56 Å². The van der Waals surface area contributed by atoms with Crippen molar-refractivity contribution in [3.05, 3.63) is 76.3 Å². The van der Waals surface area contributed by atoms with Gasteiger partial charge >= 0.3 is 0 Å². The topological polar surface area (TPSA) is 12.0 Å². The quantitative estimate of drug-likeness (QED) is 0.648. The molecule has 0 heterocycles. The predicted octanol–water partition coefficient (Wildman–Crippen LogP) is 5.76. The zero-order chi connectivity index (χ0) is 13.9. The van der Waals surface area contributed by atoms with Crippen molar-refractivity contribution in [1.82, 2.24) is 0 Å². The molecule has 0 aromatic heterocycles. The second kappa shape index (κ2) is 5.74. The van der Waals surface area contributed by atoms with Crippen LogP contribution in [-0.2, 0) is 6.54 Å². The molecule has 1 N–H and O–H groups in total. The Kier molecular flexibility index (Phi) is 3.81. The Bertz CT molecular complexity index is 753. The zero-order valence-corrected chi connectivity index (χ0v) is 12.2. The molecule has 0 spiro atoms. The number of fused-ring (bicyclic) bond motifs is 1. The zero-order valence-electron chi connectivity index (χ0n) is 10.7. The van der Waals surface area contributed by atoms with Gasteiger partial charge in [0.25, 0.3) is 0 Å². The lowest BCUT2D eigenvalue weighted by molar-refractivity contribution is 1.15. The molecule has 3 aromatic rings. The van der Waals surface area contributed by atoms with Gasteiger partial charge in [0.05, 0.1) is 10.0 Å². The van der Waals surface area contributed by atoms with Crippen LogP contribution in [-0.4, -0.2) is 0 Å². The Balaban J connectivity index is 1.81. The molecule has 0 radical (unpaired) electrons. The summed E-state index contributed by atoms with van der Waals surface area (Å²) in [5.41, 5.74) is 2.06. The van der Waals surface area contributed by atoms with E-state index >= 15 is 0 Å². The molecule has 0 atom stereocenters. The van der Waals surface area contributed by atoms with Gasteiger partial charge in [-0.25, -0.2) is 0 Å². The molecule has 0 saturated carbocycles. The molecule has 0 bridgehead atoms. The maximum absolute atomic E-state index is 6.18. The molecule has 0 unspecified atom stereocenters. The van der Waals surface area contributed by atoms with E-state index in [1.807, 2.05) is 24.3 Å². The third-order valence-corrected chi connectivity index (χ3v) is 4.12. The Morgan fingerprint density at radius 2 is 1.60 bits per heavy atom. The van der Waals surface area contributed by atoms with E-state index < -0.39 is 0 Å². The molecule has 0 fully saturated rings. The third kappa shape index (κ3) is 2.74. The van der Waals surface area contributed by atoms with Crippen molar-refractivity contribution in [3.63, 3.8) is 0 Å². The van der Waals surface area contributed by atoms with Crippen LogP contribution in [0.3, 0.4) is 0 Å². The number of hydrogen-bond donors (Lipinski definition) is 1. The van der Waals surface area contributed by atoms with Crippen molar-refractivity contribution in [1.29, 1.82) is 0 Å². The van der Waals surface area contributed by atoms with Gasteiger partial charge in [0, 0.05) is 12.2 Å². The first-order valence-corrected chi connectivity index (χ1v) is 7.15. The van der Waals surface area contributed by atoms with Gasteiger partial charge in [0.15, 0.2) is 0 Å². The van der Waals surface area contributed by atoms with Crippen LogP contribution in [0.25, 0.3) is 10.8 Å². The Morgan fingerprint density at radius 3 is 2.45 bits per heavy atom. The van der Waals surface area contributed by atoms with Crippen LogP contribution in [0.4, 0.5) is 5.69 Å². The van der Waals surface area contributed by atoms with E-state index in [2.05, 4.69) is 35.6 Å². The van der Waals surface area contributed by atoms with Gasteiger partial charge in [0.2, 0.25) is 0 Å². The molecule has 20 heavy (non-hydrogen) atoms. The van der Waals surface area contributed by atoms with E-state index in [1.54, 1.807) is 6.07 Å². The number of benzene rings is 3. The summed E-state index contributed by atoms with van der Waals surface area (Å²) in [6, 6.07) is 20.3. The minimum Gasteiger partial charge on any atom is -0.381 e. The summed E-state index contributed by atoms with van der Waals surface area (Å²) in [5.74, 6) is 0. The highest BCUT2D eigenvalue weighted by atomic mass is 35.5. The van der Waals surface area contributed by atoms with Crippen molar-refractivity contribution in [2.24, 2.45) is 0 Å². The number of halogens is 2.